The lowest BCUT2D eigenvalue weighted by Gasteiger charge is -2.27. The zero-order valence-corrected chi connectivity index (χ0v) is 50.4. The molecular weight excluding hydrogens is 1130 g/mol. The predicted octanol–water partition coefficient (Wildman–Crippen LogP) is 21.9. The Balaban J connectivity index is 1.11. The van der Waals surface area contributed by atoms with Gasteiger partial charge in [0.1, 0.15) is 0 Å². The van der Waals surface area contributed by atoms with Crippen LogP contribution in [-0.2, 0) is 0 Å². The van der Waals surface area contributed by atoms with E-state index in [1.807, 2.05) is 12.1 Å². The molecule has 7 heteroatoms. The summed E-state index contributed by atoms with van der Waals surface area (Å²) in [6, 6.07) is 119. The third-order valence-corrected chi connectivity index (χ3v) is 18.3. The first kappa shape index (κ1) is 53.4. The van der Waals surface area contributed by atoms with E-state index in [9.17, 15) is 0 Å². The van der Waals surface area contributed by atoms with E-state index < -0.39 is 0 Å². The highest BCUT2D eigenvalue weighted by molar-refractivity contribution is 6.16. The molecule has 434 valence electrons. The Kier molecular flexibility index (Phi) is 12.7. The van der Waals surface area contributed by atoms with Gasteiger partial charge in [-0.25, -0.2) is 19.9 Å². The number of hydrogen-bond donors (Lipinski definition) is 0. The Bertz CT molecular complexity index is 5420. The van der Waals surface area contributed by atoms with Crippen molar-refractivity contribution >= 4 is 65.4 Å². The third-order valence-electron chi connectivity index (χ3n) is 18.3. The van der Waals surface area contributed by atoms with Crippen molar-refractivity contribution < 1.29 is 0 Å². The number of aromatic nitrogens is 7. The van der Waals surface area contributed by atoms with Gasteiger partial charge < -0.3 is 13.7 Å². The van der Waals surface area contributed by atoms with Crippen molar-refractivity contribution in [2.24, 2.45) is 0 Å². The van der Waals surface area contributed by atoms with E-state index in [4.69, 9.17) is 19.9 Å². The van der Waals surface area contributed by atoms with Gasteiger partial charge in [-0.15, -0.1) is 0 Å². The van der Waals surface area contributed by atoms with Crippen molar-refractivity contribution in [2.75, 3.05) is 0 Å². The molecule has 0 saturated heterocycles. The third kappa shape index (κ3) is 9.04. The predicted molar refractivity (Wildman–Crippen MR) is 384 cm³/mol. The number of fused-ring (bicyclic) bond motifs is 9. The van der Waals surface area contributed by atoms with E-state index in [0.717, 1.165) is 161 Å². The molecule has 0 saturated carbocycles. The average molecular weight is 1190 g/mol. The van der Waals surface area contributed by atoms with Gasteiger partial charge in [0.25, 0.3) is 0 Å². The van der Waals surface area contributed by atoms with Crippen molar-refractivity contribution in [3.63, 3.8) is 0 Å². The average Bonchev–Trinajstić information content (AvgIpc) is 1.63. The summed E-state index contributed by atoms with van der Waals surface area (Å²) in [5.74, 6) is 1.20. The number of hydrogen-bond acceptors (Lipinski definition) is 4. The smallest absolute Gasteiger partial charge is 0.160 e. The normalized spacial score (nSPS) is 11.7. The SMILES string of the molecule is c1ccc(-c2ccc3c(c2)c2ccccc2n3-c2cc(-n3c4ccccc4c4cc(-c5ccccc5)ccc43)c(-c3cc(-c4ccccc4)nc(-c4ccccc4)n3)c(-n3c4ccccc4c4ccccc43)c2-c2cc(-c3ccccc3)nc(-c3ccccc3)n2)cc1. The number of nitrogens with zero attached hydrogens (tertiary/aromatic N) is 7. The number of para-hydroxylation sites is 4. The minimum absolute atomic E-state index is 0.600. The lowest BCUT2D eigenvalue weighted by Crippen LogP contribution is -2.12. The lowest BCUT2D eigenvalue weighted by atomic mass is 9.94. The fourth-order valence-corrected chi connectivity index (χ4v) is 14.1. The van der Waals surface area contributed by atoms with Gasteiger partial charge in [-0.1, -0.05) is 267 Å². The maximum absolute atomic E-state index is 5.93. The van der Waals surface area contributed by atoms with Gasteiger partial charge in [0, 0.05) is 65.7 Å². The second kappa shape index (κ2) is 22.2. The van der Waals surface area contributed by atoms with Crippen LogP contribution in [0.15, 0.2) is 334 Å². The maximum atomic E-state index is 5.93. The van der Waals surface area contributed by atoms with Crippen LogP contribution in [0.5, 0.6) is 0 Å². The molecule has 93 heavy (non-hydrogen) atoms. The molecule has 0 amide bonds. The zero-order valence-electron chi connectivity index (χ0n) is 50.4. The van der Waals surface area contributed by atoms with Crippen molar-refractivity contribution in [1.29, 1.82) is 0 Å². The Labute approximate surface area is 536 Å². The highest BCUT2D eigenvalue weighted by atomic mass is 15.1. The summed E-state index contributed by atoms with van der Waals surface area (Å²) in [5.41, 5.74) is 22.0. The zero-order chi connectivity index (χ0) is 61.3. The monoisotopic (exact) mass is 1190 g/mol. The van der Waals surface area contributed by atoms with E-state index in [1.54, 1.807) is 0 Å². The Morgan fingerprint density at radius 3 is 0.828 bits per heavy atom. The summed E-state index contributed by atoms with van der Waals surface area (Å²) in [6.07, 6.45) is 0. The fraction of sp³-hybridized carbons (Fsp3) is 0. The molecule has 0 bridgehead atoms. The quantitative estimate of drug-likeness (QED) is 0.129. The highest BCUT2D eigenvalue weighted by Crippen LogP contribution is 2.51. The second-order valence-electron chi connectivity index (χ2n) is 23.7. The molecule has 0 unspecified atom stereocenters. The van der Waals surface area contributed by atoms with Gasteiger partial charge in [-0.05, 0) is 89.0 Å². The van der Waals surface area contributed by atoms with E-state index >= 15 is 0 Å². The molecule has 0 radical (unpaired) electrons. The Morgan fingerprint density at radius 2 is 0.462 bits per heavy atom. The number of rotatable bonds is 11. The van der Waals surface area contributed by atoms with Gasteiger partial charge >= 0.3 is 0 Å². The molecule has 5 heterocycles. The Morgan fingerprint density at radius 1 is 0.183 bits per heavy atom. The van der Waals surface area contributed by atoms with Crippen molar-refractivity contribution in [3.8, 4) is 107 Å². The second-order valence-corrected chi connectivity index (χ2v) is 23.7. The van der Waals surface area contributed by atoms with Crippen molar-refractivity contribution in [2.45, 2.75) is 0 Å². The molecule has 7 nitrogen and oxygen atoms in total. The Hall–Kier alpha value is -12.6. The van der Waals surface area contributed by atoms with Crippen LogP contribution in [0.3, 0.4) is 0 Å². The highest BCUT2D eigenvalue weighted by Gasteiger charge is 2.32. The molecule has 18 aromatic rings. The van der Waals surface area contributed by atoms with Crippen LogP contribution in [0.4, 0.5) is 0 Å². The fourth-order valence-electron chi connectivity index (χ4n) is 14.1. The van der Waals surface area contributed by atoms with Crippen LogP contribution in [0.25, 0.3) is 173 Å². The minimum atomic E-state index is 0.600. The minimum Gasteiger partial charge on any atom is -0.308 e. The van der Waals surface area contributed by atoms with Crippen LogP contribution < -0.4 is 0 Å². The summed E-state index contributed by atoms with van der Waals surface area (Å²) in [4.78, 5) is 22.9. The summed E-state index contributed by atoms with van der Waals surface area (Å²) >= 11 is 0. The van der Waals surface area contributed by atoms with Gasteiger partial charge in [0.05, 0.1) is 72.9 Å². The molecular formula is C86H55N7. The van der Waals surface area contributed by atoms with Gasteiger partial charge in [0.15, 0.2) is 11.6 Å². The molecule has 18 rings (SSSR count). The molecule has 13 aromatic carbocycles. The molecule has 0 aliphatic rings. The largest absolute Gasteiger partial charge is 0.308 e. The van der Waals surface area contributed by atoms with Crippen LogP contribution in [0.2, 0.25) is 0 Å². The topological polar surface area (TPSA) is 66.3 Å². The van der Waals surface area contributed by atoms with E-state index in [2.05, 4.69) is 335 Å². The maximum Gasteiger partial charge on any atom is 0.160 e. The van der Waals surface area contributed by atoms with Crippen LogP contribution >= 0.6 is 0 Å². The summed E-state index contributed by atoms with van der Waals surface area (Å²) in [6.45, 7) is 0. The molecule has 0 aliphatic heterocycles. The molecule has 0 N–H and O–H groups in total. The van der Waals surface area contributed by atoms with Gasteiger partial charge in [-0.3, -0.25) is 0 Å². The molecule has 0 atom stereocenters. The first-order chi connectivity index (χ1) is 46.1. The number of benzene rings is 13. The molecule has 5 aromatic heterocycles. The molecule has 0 spiro atoms. The van der Waals surface area contributed by atoms with E-state index in [1.165, 1.54) is 0 Å². The summed E-state index contributed by atoms with van der Waals surface area (Å²) in [5, 5.41) is 6.73. The summed E-state index contributed by atoms with van der Waals surface area (Å²) in [7, 11) is 0. The molecule has 0 aliphatic carbocycles. The first-order valence-corrected chi connectivity index (χ1v) is 31.5. The van der Waals surface area contributed by atoms with E-state index in [0.29, 0.717) is 11.6 Å². The van der Waals surface area contributed by atoms with Gasteiger partial charge in [0.2, 0.25) is 0 Å². The standard InChI is InChI=1S/C86H55N7/c1-7-27-56(28-8-1)62-47-49-78-68(51-62)66-41-21-23-43-74(66)91(78)80-55-81(92-75-44-24-22-42-67(75)69-52-63(48-50-79(69)92)57-29-9-2-10-30-57)83(73-54-71(59-33-13-4-14-34-59)88-86(90-73)61-37-17-6-18-38-61)84(93-76-45-25-19-39-64(76)65-40-20-26-46-77(65)93)82(80)72-53-70(58-31-11-3-12-32-58)87-85(89-72)60-35-15-5-16-36-60/h1-55H. The first-order valence-electron chi connectivity index (χ1n) is 31.5. The van der Waals surface area contributed by atoms with Gasteiger partial charge in [-0.2, -0.15) is 0 Å². The van der Waals surface area contributed by atoms with Crippen LogP contribution in [-0.4, -0.2) is 33.6 Å². The lowest BCUT2D eigenvalue weighted by molar-refractivity contribution is 1.08. The van der Waals surface area contributed by atoms with Crippen molar-refractivity contribution in [3.05, 3.63) is 334 Å². The van der Waals surface area contributed by atoms with Crippen LogP contribution in [0.1, 0.15) is 0 Å². The van der Waals surface area contributed by atoms with E-state index in [-0.39, 0.29) is 0 Å². The van der Waals surface area contributed by atoms with Crippen molar-refractivity contribution in [1.82, 2.24) is 33.6 Å². The van der Waals surface area contributed by atoms with Crippen LogP contribution in [0, 0.1) is 0 Å². The molecule has 0 fully saturated rings. The summed E-state index contributed by atoms with van der Waals surface area (Å²) < 4.78 is 7.50.